The van der Waals surface area contributed by atoms with Crippen molar-refractivity contribution in [1.29, 1.82) is 0 Å². The number of thioether (sulfide) groups is 1. The quantitative estimate of drug-likeness (QED) is 0.237. The van der Waals surface area contributed by atoms with E-state index >= 15 is 0 Å². The Labute approximate surface area is 198 Å². The molecule has 0 amide bonds. The van der Waals surface area contributed by atoms with Crippen molar-refractivity contribution >= 4 is 33.3 Å². The van der Waals surface area contributed by atoms with Crippen LogP contribution in [0.4, 0.5) is 0 Å². The lowest BCUT2D eigenvalue weighted by molar-refractivity contribution is 0.391. The average Bonchev–Trinajstić information content (AvgIpc) is 3.50. The molecule has 0 radical (unpaired) electrons. The number of hydrogen-bond donors (Lipinski definition) is 0. The molecule has 2 aromatic carbocycles. The fourth-order valence-electron chi connectivity index (χ4n) is 3.39. The summed E-state index contributed by atoms with van der Waals surface area (Å²) in [7, 11) is 1.63. The summed E-state index contributed by atoms with van der Waals surface area (Å²) in [6.45, 7) is 2.42. The van der Waals surface area contributed by atoms with E-state index in [9.17, 15) is 4.79 Å². The predicted molar refractivity (Wildman–Crippen MR) is 130 cm³/mol. The highest BCUT2D eigenvalue weighted by Crippen LogP contribution is 2.26. The van der Waals surface area contributed by atoms with Crippen LogP contribution in [-0.4, -0.2) is 26.8 Å². The zero-order valence-corrected chi connectivity index (χ0v) is 19.7. The number of benzene rings is 2. The molecule has 0 aliphatic rings. The van der Waals surface area contributed by atoms with E-state index in [-0.39, 0.29) is 5.56 Å². The first-order chi connectivity index (χ1) is 16.1. The number of methoxy groups -OCH3 is 1. The zero-order chi connectivity index (χ0) is 22.8. The molecule has 0 aliphatic heterocycles. The Balaban J connectivity index is 1.43. The summed E-state index contributed by atoms with van der Waals surface area (Å²) in [4.78, 5) is 22.5. The third-order valence-electron chi connectivity index (χ3n) is 5.11. The summed E-state index contributed by atoms with van der Waals surface area (Å²) in [6.07, 6.45) is 0. The molecule has 0 saturated carbocycles. The van der Waals surface area contributed by atoms with E-state index < -0.39 is 0 Å². The molecule has 7 nitrogen and oxygen atoms in total. The number of hydrogen-bond acceptors (Lipinski definition) is 8. The van der Waals surface area contributed by atoms with Gasteiger partial charge in [-0.2, -0.15) is 4.98 Å². The maximum Gasteiger partial charge on any atom is 0.272 e. The largest absolute Gasteiger partial charge is 0.497 e. The van der Waals surface area contributed by atoms with Crippen LogP contribution in [0.3, 0.4) is 0 Å². The molecular formula is C24H20N4O3S2. The van der Waals surface area contributed by atoms with E-state index in [1.165, 1.54) is 28.7 Å². The van der Waals surface area contributed by atoms with Crippen LogP contribution in [0.2, 0.25) is 0 Å². The minimum Gasteiger partial charge on any atom is -0.497 e. The molecule has 0 unspecified atom stereocenters. The van der Waals surface area contributed by atoms with E-state index in [4.69, 9.17) is 14.2 Å². The van der Waals surface area contributed by atoms with Crippen molar-refractivity contribution in [2.75, 3.05) is 7.11 Å². The molecule has 33 heavy (non-hydrogen) atoms. The average molecular weight is 477 g/mol. The SMILES string of the molecule is COc1cccc(Cn2c(SCc3nc(-c4ccc(C)cc4)no3)nc3ccsc3c2=O)c1. The van der Waals surface area contributed by atoms with Gasteiger partial charge in [0.15, 0.2) is 5.16 Å². The van der Waals surface area contributed by atoms with Gasteiger partial charge >= 0.3 is 0 Å². The Morgan fingerprint density at radius 2 is 1.97 bits per heavy atom. The molecule has 0 aliphatic carbocycles. The van der Waals surface area contributed by atoms with Crippen molar-refractivity contribution < 1.29 is 9.26 Å². The molecular weight excluding hydrogens is 456 g/mol. The molecule has 5 aromatic rings. The van der Waals surface area contributed by atoms with E-state index in [1.807, 2.05) is 66.9 Å². The van der Waals surface area contributed by atoms with E-state index in [0.717, 1.165) is 16.9 Å². The van der Waals surface area contributed by atoms with Crippen molar-refractivity contribution in [3.05, 3.63) is 87.3 Å². The first kappa shape index (κ1) is 21.4. The zero-order valence-electron chi connectivity index (χ0n) is 18.0. The Bertz CT molecular complexity index is 1470. The van der Waals surface area contributed by atoms with Crippen LogP contribution in [-0.2, 0) is 12.3 Å². The van der Waals surface area contributed by atoms with Gasteiger partial charge in [-0.15, -0.1) is 11.3 Å². The third kappa shape index (κ3) is 4.55. The lowest BCUT2D eigenvalue weighted by Gasteiger charge is -2.12. The van der Waals surface area contributed by atoms with Gasteiger partial charge in [-0.05, 0) is 36.1 Å². The highest BCUT2D eigenvalue weighted by atomic mass is 32.2. The Morgan fingerprint density at radius 3 is 2.79 bits per heavy atom. The van der Waals surface area contributed by atoms with Gasteiger partial charge in [0.1, 0.15) is 10.4 Å². The fourth-order valence-corrected chi connectivity index (χ4v) is 5.00. The second-order valence-electron chi connectivity index (χ2n) is 7.44. The second kappa shape index (κ2) is 9.21. The number of aryl methyl sites for hydroxylation is 1. The number of nitrogens with zero attached hydrogens (tertiary/aromatic N) is 4. The molecule has 5 rings (SSSR count). The summed E-state index contributed by atoms with van der Waals surface area (Å²) in [5.74, 6) is 2.16. The lowest BCUT2D eigenvalue weighted by atomic mass is 10.1. The minimum absolute atomic E-state index is 0.0637. The first-order valence-corrected chi connectivity index (χ1v) is 12.1. The summed E-state index contributed by atoms with van der Waals surface area (Å²) in [6, 6.07) is 17.5. The van der Waals surface area contributed by atoms with Gasteiger partial charge in [0, 0.05) is 5.56 Å². The van der Waals surface area contributed by atoms with Gasteiger partial charge in [-0.3, -0.25) is 9.36 Å². The third-order valence-corrected chi connectivity index (χ3v) is 6.96. The van der Waals surface area contributed by atoms with Crippen LogP contribution in [0.5, 0.6) is 5.75 Å². The van der Waals surface area contributed by atoms with E-state index in [2.05, 4.69) is 10.1 Å². The van der Waals surface area contributed by atoms with Gasteiger partial charge in [0.25, 0.3) is 5.56 Å². The number of aromatic nitrogens is 4. The number of rotatable bonds is 7. The smallest absolute Gasteiger partial charge is 0.272 e. The highest BCUT2D eigenvalue weighted by Gasteiger charge is 2.16. The normalized spacial score (nSPS) is 11.2. The monoisotopic (exact) mass is 476 g/mol. The summed E-state index contributed by atoms with van der Waals surface area (Å²) >= 11 is 2.80. The Kier molecular flexibility index (Phi) is 5.97. The van der Waals surface area contributed by atoms with Crippen LogP contribution in [0.1, 0.15) is 17.0 Å². The van der Waals surface area contributed by atoms with Gasteiger partial charge in [0.05, 0.1) is 24.9 Å². The Morgan fingerprint density at radius 1 is 1.12 bits per heavy atom. The molecule has 0 fully saturated rings. The maximum absolute atomic E-state index is 13.2. The van der Waals surface area contributed by atoms with Crippen molar-refractivity contribution in [1.82, 2.24) is 19.7 Å². The highest BCUT2D eigenvalue weighted by molar-refractivity contribution is 7.98. The van der Waals surface area contributed by atoms with Gasteiger partial charge in [-0.1, -0.05) is 58.9 Å². The van der Waals surface area contributed by atoms with Gasteiger partial charge in [-0.25, -0.2) is 4.98 Å². The number of fused-ring (bicyclic) bond motifs is 1. The van der Waals surface area contributed by atoms with Crippen molar-refractivity contribution in [2.24, 2.45) is 0 Å². The molecule has 0 spiro atoms. The molecule has 166 valence electrons. The molecule has 9 heteroatoms. The van der Waals surface area contributed by atoms with Crippen molar-refractivity contribution in [3.8, 4) is 17.1 Å². The van der Waals surface area contributed by atoms with Gasteiger partial charge < -0.3 is 9.26 Å². The molecule has 3 heterocycles. The van der Waals surface area contributed by atoms with Crippen LogP contribution in [0, 0.1) is 6.92 Å². The van der Waals surface area contributed by atoms with Crippen LogP contribution in [0.15, 0.2) is 74.5 Å². The summed E-state index contributed by atoms with van der Waals surface area (Å²) in [5.41, 5.74) is 3.65. The van der Waals surface area contributed by atoms with Crippen LogP contribution in [0.25, 0.3) is 21.6 Å². The van der Waals surface area contributed by atoms with Crippen LogP contribution >= 0.6 is 23.1 Å². The predicted octanol–water partition coefficient (Wildman–Crippen LogP) is 5.17. The van der Waals surface area contributed by atoms with Gasteiger partial charge in [0.2, 0.25) is 11.7 Å². The Hall–Kier alpha value is -3.43. The molecule has 0 atom stereocenters. The first-order valence-electron chi connectivity index (χ1n) is 10.2. The number of ether oxygens (including phenoxy) is 1. The summed E-state index contributed by atoms with van der Waals surface area (Å²) < 4.78 is 13.1. The van der Waals surface area contributed by atoms with Crippen molar-refractivity contribution in [2.45, 2.75) is 24.4 Å². The summed E-state index contributed by atoms with van der Waals surface area (Å²) in [5, 5.41) is 6.58. The van der Waals surface area contributed by atoms with E-state index in [0.29, 0.717) is 39.4 Å². The topological polar surface area (TPSA) is 83.0 Å². The molecule has 0 saturated heterocycles. The maximum atomic E-state index is 13.2. The number of thiophene rings is 1. The van der Waals surface area contributed by atoms with Crippen LogP contribution < -0.4 is 10.3 Å². The molecule has 0 N–H and O–H groups in total. The molecule has 0 bridgehead atoms. The van der Waals surface area contributed by atoms with E-state index in [1.54, 1.807) is 11.7 Å². The second-order valence-corrected chi connectivity index (χ2v) is 9.30. The minimum atomic E-state index is -0.0637. The van der Waals surface area contributed by atoms with Crippen molar-refractivity contribution in [3.63, 3.8) is 0 Å². The lowest BCUT2D eigenvalue weighted by Crippen LogP contribution is -2.23. The standard InChI is InChI=1S/C24H20N4O3S2/c1-15-6-8-17(9-7-15)22-26-20(31-27-22)14-33-24-25-19-10-11-32-21(19)23(29)28(24)13-16-4-3-5-18(12-16)30-2/h3-12H,13-14H2,1-2H3. The fraction of sp³-hybridized carbons (Fsp3) is 0.167. The molecule has 3 aromatic heterocycles.